The van der Waals surface area contributed by atoms with Crippen LogP contribution >= 0.6 is 0 Å². The van der Waals surface area contributed by atoms with E-state index >= 15 is 0 Å². The molecule has 1 aliphatic heterocycles. The summed E-state index contributed by atoms with van der Waals surface area (Å²) in [5, 5.41) is 2.98. The normalized spacial score (nSPS) is 15.2. The summed E-state index contributed by atoms with van der Waals surface area (Å²) in [5.74, 6) is 0.0187. The molecule has 1 fully saturated rings. The lowest BCUT2D eigenvalue weighted by Crippen LogP contribution is -2.35. The zero-order valence-electron chi connectivity index (χ0n) is 14.1. The molecule has 0 atom stereocenters. The summed E-state index contributed by atoms with van der Waals surface area (Å²) in [7, 11) is 0. The third-order valence-corrected chi connectivity index (χ3v) is 4.36. The number of aryl methyl sites for hydroxylation is 1. The van der Waals surface area contributed by atoms with Gasteiger partial charge in [0.15, 0.2) is 0 Å². The predicted octanol–water partition coefficient (Wildman–Crippen LogP) is 3.01. The second kappa shape index (κ2) is 8.08. The average Bonchev–Trinajstić information content (AvgIpc) is 2.60. The fourth-order valence-corrected chi connectivity index (χ4v) is 2.90. The summed E-state index contributed by atoms with van der Waals surface area (Å²) in [6, 6.07) is 16.1. The number of nitrogens with zero attached hydrogens (tertiary/aromatic N) is 1. The van der Waals surface area contributed by atoms with Crippen molar-refractivity contribution in [2.75, 3.05) is 31.6 Å². The molecule has 0 aromatic heterocycles. The number of carbonyl (C=O) groups excluding carboxylic acids is 1. The van der Waals surface area contributed by atoms with E-state index in [0.717, 1.165) is 49.7 Å². The van der Waals surface area contributed by atoms with Crippen LogP contribution in [0, 0.1) is 6.92 Å². The Labute approximate surface area is 143 Å². The molecule has 1 saturated heterocycles. The Bertz CT molecular complexity index is 676. The van der Waals surface area contributed by atoms with E-state index in [0.29, 0.717) is 6.42 Å². The first-order chi connectivity index (χ1) is 11.7. The van der Waals surface area contributed by atoms with Crippen LogP contribution in [0.4, 0.5) is 5.69 Å². The highest BCUT2D eigenvalue weighted by Crippen LogP contribution is 2.14. The van der Waals surface area contributed by atoms with Crippen molar-refractivity contribution < 1.29 is 9.53 Å². The molecule has 1 amide bonds. The number of rotatable bonds is 5. The van der Waals surface area contributed by atoms with E-state index in [1.54, 1.807) is 0 Å². The van der Waals surface area contributed by atoms with E-state index < -0.39 is 0 Å². The Morgan fingerprint density at radius 3 is 2.50 bits per heavy atom. The SMILES string of the molecule is Cc1ccccc1CC(=O)Nc1ccc(CN2CCOCC2)cc1. The number of carbonyl (C=O) groups is 1. The number of hydrogen-bond donors (Lipinski definition) is 1. The van der Waals surface area contributed by atoms with Gasteiger partial charge in [0.1, 0.15) is 0 Å². The first kappa shape index (κ1) is 16.7. The first-order valence-corrected chi connectivity index (χ1v) is 8.44. The van der Waals surface area contributed by atoms with Crippen molar-refractivity contribution in [3.05, 3.63) is 65.2 Å². The van der Waals surface area contributed by atoms with E-state index in [9.17, 15) is 4.79 Å². The van der Waals surface area contributed by atoms with Crippen molar-refractivity contribution in [1.82, 2.24) is 4.90 Å². The van der Waals surface area contributed by atoms with Crippen LogP contribution in [0.3, 0.4) is 0 Å². The zero-order chi connectivity index (χ0) is 16.8. The van der Waals surface area contributed by atoms with Gasteiger partial charge in [0, 0.05) is 25.3 Å². The van der Waals surface area contributed by atoms with Gasteiger partial charge in [-0.25, -0.2) is 0 Å². The molecule has 0 aliphatic carbocycles. The predicted molar refractivity (Wildman–Crippen MR) is 96.1 cm³/mol. The molecule has 3 rings (SSSR count). The summed E-state index contributed by atoms with van der Waals surface area (Å²) in [6.07, 6.45) is 0.405. The highest BCUT2D eigenvalue weighted by molar-refractivity contribution is 5.92. The van der Waals surface area contributed by atoms with Gasteiger partial charge in [-0.3, -0.25) is 9.69 Å². The third kappa shape index (κ3) is 4.66. The maximum atomic E-state index is 12.2. The van der Waals surface area contributed by atoms with Crippen LogP contribution in [0.1, 0.15) is 16.7 Å². The lowest BCUT2D eigenvalue weighted by Gasteiger charge is -2.26. The lowest BCUT2D eigenvalue weighted by molar-refractivity contribution is -0.115. The molecule has 4 nitrogen and oxygen atoms in total. The second-order valence-corrected chi connectivity index (χ2v) is 6.24. The van der Waals surface area contributed by atoms with E-state index in [4.69, 9.17) is 4.74 Å². The summed E-state index contributed by atoms with van der Waals surface area (Å²) in [6.45, 7) is 6.55. The number of ether oxygens (including phenoxy) is 1. The molecule has 24 heavy (non-hydrogen) atoms. The summed E-state index contributed by atoms with van der Waals surface area (Å²) in [4.78, 5) is 14.6. The number of anilines is 1. The largest absolute Gasteiger partial charge is 0.379 e. The molecule has 1 N–H and O–H groups in total. The standard InChI is InChI=1S/C20H24N2O2/c1-16-4-2-3-5-18(16)14-20(23)21-19-8-6-17(7-9-19)15-22-10-12-24-13-11-22/h2-9H,10-15H2,1H3,(H,21,23). The van der Waals surface area contributed by atoms with Crippen molar-refractivity contribution in [3.63, 3.8) is 0 Å². The van der Waals surface area contributed by atoms with Crippen LogP contribution in [0.15, 0.2) is 48.5 Å². The number of benzene rings is 2. The monoisotopic (exact) mass is 324 g/mol. The summed E-state index contributed by atoms with van der Waals surface area (Å²) in [5.41, 5.74) is 4.32. The third-order valence-electron chi connectivity index (χ3n) is 4.36. The number of hydrogen-bond acceptors (Lipinski definition) is 3. The van der Waals surface area contributed by atoms with Crippen LogP contribution in [-0.2, 0) is 22.5 Å². The summed E-state index contributed by atoms with van der Waals surface area (Å²) >= 11 is 0. The quantitative estimate of drug-likeness (QED) is 0.919. The Morgan fingerprint density at radius 1 is 1.08 bits per heavy atom. The minimum absolute atomic E-state index is 0.0187. The second-order valence-electron chi connectivity index (χ2n) is 6.24. The van der Waals surface area contributed by atoms with Gasteiger partial charge in [0.2, 0.25) is 5.91 Å². The van der Waals surface area contributed by atoms with E-state index in [1.165, 1.54) is 5.56 Å². The number of nitrogens with one attached hydrogen (secondary N) is 1. The van der Waals surface area contributed by atoms with E-state index in [2.05, 4.69) is 22.3 Å². The lowest BCUT2D eigenvalue weighted by atomic mass is 10.1. The topological polar surface area (TPSA) is 41.6 Å². The van der Waals surface area contributed by atoms with Gasteiger partial charge >= 0.3 is 0 Å². The fraction of sp³-hybridized carbons (Fsp3) is 0.350. The van der Waals surface area contributed by atoms with Crippen molar-refractivity contribution in [3.8, 4) is 0 Å². The van der Waals surface area contributed by atoms with Crippen LogP contribution < -0.4 is 5.32 Å². The van der Waals surface area contributed by atoms with Crippen LogP contribution in [0.5, 0.6) is 0 Å². The minimum Gasteiger partial charge on any atom is -0.379 e. The number of morpholine rings is 1. The molecule has 2 aromatic rings. The molecule has 4 heteroatoms. The van der Waals surface area contributed by atoms with Gasteiger partial charge in [-0.05, 0) is 35.7 Å². The van der Waals surface area contributed by atoms with Crippen LogP contribution in [0.2, 0.25) is 0 Å². The molecular formula is C20H24N2O2. The van der Waals surface area contributed by atoms with Gasteiger partial charge in [0.25, 0.3) is 0 Å². The zero-order valence-corrected chi connectivity index (χ0v) is 14.1. The van der Waals surface area contributed by atoms with Gasteiger partial charge in [-0.15, -0.1) is 0 Å². The first-order valence-electron chi connectivity index (χ1n) is 8.44. The van der Waals surface area contributed by atoms with Crippen molar-refractivity contribution >= 4 is 11.6 Å². The van der Waals surface area contributed by atoms with Gasteiger partial charge < -0.3 is 10.1 Å². The molecular weight excluding hydrogens is 300 g/mol. The molecule has 0 saturated carbocycles. The number of amides is 1. The molecule has 2 aromatic carbocycles. The maximum absolute atomic E-state index is 12.2. The molecule has 0 radical (unpaired) electrons. The highest BCUT2D eigenvalue weighted by Gasteiger charge is 2.11. The fourth-order valence-electron chi connectivity index (χ4n) is 2.90. The highest BCUT2D eigenvalue weighted by atomic mass is 16.5. The Kier molecular flexibility index (Phi) is 5.62. The van der Waals surface area contributed by atoms with Crippen LogP contribution in [-0.4, -0.2) is 37.1 Å². The smallest absolute Gasteiger partial charge is 0.228 e. The van der Waals surface area contributed by atoms with Crippen LogP contribution in [0.25, 0.3) is 0 Å². The molecule has 0 spiro atoms. The van der Waals surface area contributed by atoms with Crippen molar-refractivity contribution in [1.29, 1.82) is 0 Å². The summed E-state index contributed by atoms with van der Waals surface area (Å²) < 4.78 is 5.37. The van der Waals surface area contributed by atoms with Gasteiger partial charge in [-0.1, -0.05) is 36.4 Å². The average molecular weight is 324 g/mol. The molecule has 1 aliphatic rings. The van der Waals surface area contributed by atoms with E-state index in [-0.39, 0.29) is 5.91 Å². The van der Waals surface area contributed by atoms with Crippen molar-refractivity contribution in [2.24, 2.45) is 0 Å². The Hall–Kier alpha value is -2.17. The van der Waals surface area contributed by atoms with E-state index in [1.807, 2.05) is 43.3 Å². The van der Waals surface area contributed by atoms with Crippen molar-refractivity contribution in [2.45, 2.75) is 19.9 Å². The maximum Gasteiger partial charge on any atom is 0.228 e. The Morgan fingerprint density at radius 2 is 1.79 bits per heavy atom. The Balaban J connectivity index is 1.53. The minimum atomic E-state index is 0.0187. The molecule has 1 heterocycles. The molecule has 126 valence electrons. The molecule has 0 unspecified atom stereocenters. The molecule has 0 bridgehead atoms. The van der Waals surface area contributed by atoms with Gasteiger partial charge in [-0.2, -0.15) is 0 Å². The van der Waals surface area contributed by atoms with Gasteiger partial charge in [0.05, 0.1) is 19.6 Å².